The normalized spacial score (nSPS) is 16.6. The summed E-state index contributed by atoms with van der Waals surface area (Å²) in [6, 6.07) is 2.30. The molecule has 0 saturated carbocycles. The van der Waals surface area contributed by atoms with Crippen molar-refractivity contribution in [1.29, 1.82) is 0 Å². The first-order valence-corrected chi connectivity index (χ1v) is 6.45. The lowest BCUT2D eigenvalue weighted by atomic mass is 10.1. The van der Waals surface area contributed by atoms with Crippen LogP contribution in [0.4, 0.5) is 4.39 Å². The van der Waals surface area contributed by atoms with E-state index in [9.17, 15) is 14.0 Å². The summed E-state index contributed by atoms with van der Waals surface area (Å²) in [6.45, 7) is 1.61. The summed E-state index contributed by atoms with van der Waals surface area (Å²) < 4.78 is 15.3. The number of carbonyl (C=O) groups is 1. The van der Waals surface area contributed by atoms with Crippen LogP contribution in [0.25, 0.3) is 11.0 Å². The summed E-state index contributed by atoms with van der Waals surface area (Å²) in [6.07, 6.45) is 1.57. The Morgan fingerprint density at radius 2 is 2.05 bits per heavy atom. The minimum Gasteiger partial charge on any atom is -0.478 e. The molecule has 0 amide bonds. The molecule has 1 saturated heterocycles. The van der Waals surface area contributed by atoms with Gasteiger partial charge in [-0.05, 0) is 32.0 Å². The number of halogens is 1. The van der Waals surface area contributed by atoms with Gasteiger partial charge < -0.3 is 15.4 Å². The lowest BCUT2D eigenvalue weighted by Crippen LogP contribution is -2.33. The molecule has 106 valence electrons. The molecule has 2 aromatic rings. The average molecular weight is 279 g/mol. The second-order valence-electron chi connectivity index (χ2n) is 4.94. The number of nitrogens with one attached hydrogen (secondary N) is 2. The van der Waals surface area contributed by atoms with Crippen LogP contribution in [-0.4, -0.2) is 33.7 Å². The van der Waals surface area contributed by atoms with E-state index in [2.05, 4.69) is 10.3 Å². The Morgan fingerprint density at radius 3 is 2.70 bits per heavy atom. The quantitative estimate of drug-likeness (QED) is 0.768. The Balaban J connectivity index is 2.18. The zero-order valence-corrected chi connectivity index (χ0v) is 10.6. The number of aromatic nitrogens is 2. The molecule has 7 heteroatoms. The summed E-state index contributed by atoms with van der Waals surface area (Å²) in [4.78, 5) is 25.6. The van der Waals surface area contributed by atoms with Crippen molar-refractivity contribution in [3.8, 4) is 0 Å². The third kappa shape index (κ3) is 2.00. The highest BCUT2D eigenvalue weighted by atomic mass is 19.1. The molecular formula is C13H14FN3O3. The highest BCUT2D eigenvalue weighted by Crippen LogP contribution is 2.24. The number of rotatable bonds is 2. The number of carboxylic acids is 1. The second kappa shape index (κ2) is 4.75. The fourth-order valence-corrected chi connectivity index (χ4v) is 2.74. The molecular weight excluding hydrogens is 265 g/mol. The number of fused-ring (bicyclic) bond motifs is 1. The van der Waals surface area contributed by atoms with Crippen LogP contribution in [0.15, 0.2) is 16.9 Å². The van der Waals surface area contributed by atoms with Gasteiger partial charge in [0.15, 0.2) is 0 Å². The monoisotopic (exact) mass is 279 g/mol. The number of piperidine rings is 1. The van der Waals surface area contributed by atoms with Crippen LogP contribution in [0.2, 0.25) is 0 Å². The molecule has 3 N–H and O–H groups in total. The van der Waals surface area contributed by atoms with Gasteiger partial charge in [0.1, 0.15) is 5.82 Å². The van der Waals surface area contributed by atoms with Gasteiger partial charge in [0.25, 0.3) is 0 Å². The smallest absolute Gasteiger partial charge is 0.338 e. The van der Waals surface area contributed by atoms with Gasteiger partial charge in [-0.15, -0.1) is 0 Å². The molecule has 6 nitrogen and oxygen atoms in total. The van der Waals surface area contributed by atoms with Crippen molar-refractivity contribution in [3.05, 3.63) is 34.0 Å². The largest absolute Gasteiger partial charge is 0.478 e. The third-order valence-electron chi connectivity index (χ3n) is 3.71. The van der Waals surface area contributed by atoms with Crippen molar-refractivity contribution >= 4 is 17.0 Å². The van der Waals surface area contributed by atoms with Crippen LogP contribution in [0, 0.1) is 5.82 Å². The number of carboxylic acid groups (broad SMARTS) is 1. The van der Waals surface area contributed by atoms with Crippen molar-refractivity contribution in [2.45, 2.75) is 18.9 Å². The van der Waals surface area contributed by atoms with Crippen LogP contribution < -0.4 is 11.0 Å². The Kier molecular flexibility index (Phi) is 3.06. The van der Waals surface area contributed by atoms with Crippen molar-refractivity contribution in [2.75, 3.05) is 13.1 Å². The Morgan fingerprint density at radius 1 is 1.35 bits per heavy atom. The van der Waals surface area contributed by atoms with E-state index in [1.165, 1.54) is 10.6 Å². The Labute approximate surface area is 113 Å². The van der Waals surface area contributed by atoms with Gasteiger partial charge in [0, 0.05) is 12.1 Å². The number of benzene rings is 1. The third-order valence-corrected chi connectivity index (χ3v) is 3.71. The standard InChI is InChI=1S/C13H14FN3O3/c14-9-6-11-10(5-8(9)12(18)19)16-13(20)17(11)7-1-3-15-4-2-7/h5-7,15H,1-4H2,(H,16,20)(H,18,19). The van der Waals surface area contributed by atoms with E-state index in [1.54, 1.807) is 0 Å². The minimum absolute atomic E-state index is 0.00702. The number of aromatic amines is 1. The molecule has 0 unspecified atom stereocenters. The number of hydrogen-bond donors (Lipinski definition) is 3. The second-order valence-corrected chi connectivity index (χ2v) is 4.94. The molecule has 1 aromatic heterocycles. The number of hydrogen-bond acceptors (Lipinski definition) is 3. The fraction of sp³-hybridized carbons (Fsp3) is 0.385. The molecule has 0 spiro atoms. The van der Waals surface area contributed by atoms with Gasteiger partial charge >= 0.3 is 11.7 Å². The van der Waals surface area contributed by atoms with Crippen molar-refractivity contribution in [2.24, 2.45) is 0 Å². The van der Waals surface area contributed by atoms with E-state index in [1.807, 2.05) is 0 Å². The molecule has 3 rings (SSSR count). The lowest BCUT2D eigenvalue weighted by Gasteiger charge is -2.23. The van der Waals surface area contributed by atoms with Crippen LogP contribution in [-0.2, 0) is 0 Å². The summed E-state index contributed by atoms with van der Waals surface area (Å²) >= 11 is 0. The maximum Gasteiger partial charge on any atom is 0.338 e. The summed E-state index contributed by atoms with van der Waals surface area (Å²) in [5.41, 5.74) is 0.0155. The van der Waals surface area contributed by atoms with E-state index in [0.29, 0.717) is 11.0 Å². The molecule has 0 aliphatic carbocycles. The molecule has 20 heavy (non-hydrogen) atoms. The SMILES string of the molecule is O=C(O)c1cc2[nH]c(=O)n(C3CCNCC3)c2cc1F. The Hall–Kier alpha value is -2.15. The van der Waals surface area contributed by atoms with Crippen LogP contribution in [0.3, 0.4) is 0 Å². The van der Waals surface area contributed by atoms with Gasteiger partial charge in [-0.3, -0.25) is 4.57 Å². The number of H-pyrrole nitrogens is 1. The fourth-order valence-electron chi connectivity index (χ4n) is 2.74. The van der Waals surface area contributed by atoms with E-state index >= 15 is 0 Å². The molecule has 1 aliphatic rings. The van der Waals surface area contributed by atoms with Crippen LogP contribution in [0.5, 0.6) is 0 Å². The summed E-state index contributed by atoms with van der Waals surface area (Å²) in [7, 11) is 0. The van der Waals surface area contributed by atoms with E-state index < -0.39 is 17.3 Å². The maximum atomic E-state index is 13.8. The Bertz CT molecular complexity index is 728. The first-order valence-electron chi connectivity index (χ1n) is 6.45. The van der Waals surface area contributed by atoms with Gasteiger partial charge in [0.2, 0.25) is 0 Å². The average Bonchev–Trinajstić information content (AvgIpc) is 2.73. The van der Waals surface area contributed by atoms with Crippen molar-refractivity contribution in [1.82, 2.24) is 14.9 Å². The first kappa shape index (κ1) is 12.9. The predicted octanol–water partition coefficient (Wildman–Crippen LogP) is 1.09. The topological polar surface area (TPSA) is 87.1 Å². The molecule has 1 aromatic carbocycles. The summed E-state index contributed by atoms with van der Waals surface area (Å²) in [5.74, 6) is -2.17. The molecule has 2 heterocycles. The predicted molar refractivity (Wildman–Crippen MR) is 70.6 cm³/mol. The summed E-state index contributed by atoms with van der Waals surface area (Å²) in [5, 5.41) is 12.1. The van der Waals surface area contributed by atoms with E-state index in [4.69, 9.17) is 5.11 Å². The molecule has 0 atom stereocenters. The lowest BCUT2D eigenvalue weighted by molar-refractivity contribution is 0.0692. The highest BCUT2D eigenvalue weighted by molar-refractivity contribution is 5.92. The van der Waals surface area contributed by atoms with Gasteiger partial charge in [0.05, 0.1) is 16.6 Å². The number of nitrogens with zero attached hydrogens (tertiary/aromatic N) is 1. The van der Waals surface area contributed by atoms with E-state index in [-0.39, 0.29) is 11.7 Å². The zero-order chi connectivity index (χ0) is 14.3. The minimum atomic E-state index is -1.35. The van der Waals surface area contributed by atoms with Gasteiger partial charge in [-0.1, -0.05) is 0 Å². The molecule has 0 radical (unpaired) electrons. The van der Waals surface area contributed by atoms with Crippen molar-refractivity contribution in [3.63, 3.8) is 0 Å². The number of imidazole rings is 1. The van der Waals surface area contributed by atoms with Crippen LogP contribution in [0.1, 0.15) is 29.2 Å². The maximum absolute atomic E-state index is 13.8. The molecule has 1 aliphatic heterocycles. The zero-order valence-electron chi connectivity index (χ0n) is 10.6. The van der Waals surface area contributed by atoms with E-state index in [0.717, 1.165) is 32.0 Å². The van der Waals surface area contributed by atoms with Crippen LogP contribution >= 0.6 is 0 Å². The first-order chi connectivity index (χ1) is 9.58. The molecule has 1 fully saturated rings. The van der Waals surface area contributed by atoms with Gasteiger partial charge in [-0.2, -0.15) is 0 Å². The molecule has 0 bridgehead atoms. The number of aromatic carboxylic acids is 1. The highest BCUT2D eigenvalue weighted by Gasteiger charge is 2.21. The van der Waals surface area contributed by atoms with Gasteiger partial charge in [-0.25, -0.2) is 14.0 Å². The van der Waals surface area contributed by atoms with Crippen molar-refractivity contribution < 1.29 is 14.3 Å².